The molecule has 1 N–H and O–H groups in total. The van der Waals surface area contributed by atoms with E-state index in [1.807, 2.05) is 27.1 Å². The van der Waals surface area contributed by atoms with Gasteiger partial charge in [0.1, 0.15) is 0 Å². The molecular formula is C11H20N4O. The van der Waals surface area contributed by atoms with Crippen molar-refractivity contribution in [2.75, 3.05) is 13.6 Å². The van der Waals surface area contributed by atoms with Gasteiger partial charge in [0.15, 0.2) is 0 Å². The Morgan fingerprint density at radius 1 is 1.62 bits per heavy atom. The van der Waals surface area contributed by atoms with Gasteiger partial charge in [0.25, 0.3) is 0 Å². The van der Waals surface area contributed by atoms with Crippen molar-refractivity contribution in [2.24, 2.45) is 7.05 Å². The van der Waals surface area contributed by atoms with E-state index in [1.54, 1.807) is 22.8 Å². The van der Waals surface area contributed by atoms with Crippen LogP contribution in [0.1, 0.15) is 19.4 Å². The van der Waals surface area contributed by atoms with Gasteiger partial charge in [-0.25, -0.2) is 0 Å². The molecule has 0 unspecified atom stereocenters. The molecule has 0 spiro atoms. The van der Waals surface area contributed by atoms with Crippen molar-refractivity contribution >= 4 is 5.91 Å². The van der Waals surface area contributed by atoms with Gasteiger partial charge < -0.3 is 10.2 Å². The first-order chi connectivity index (χ1) is 7.49. The van der Waals surface area contributed by atoms with Gasteiger partial charge in [0, 0.05) is 38.4 Å². The summed E-state index contributed by atoms with van der Waals surface area (Å²) in [5.74, 6) is 0.0950. The van der Waals surface area contributed by atoms with Crippen molar-refractivity contribution in [1.29, 1.82) is 0 Å². The minimum atomic E-state index is 0.0950. The minimum Gasteiger partial charge on any atom is -0.340 e. The maximum absolute atomic E-state index is 11.7. The molecule has 0 saturated heterocycles. The molecule has 0 aliphatic rings. The number of aryl methyl sites for hydroxylation is 1. The van der Waals surface area contributed by atoms with Crippen LogP contribution in [0.25, 0.3) is 0 Å². The summed E-state index contributed by atoms with van der Waals surface area (Å²) in [6.07, 6.45) is 3.69. The maximum Gasteiger partial charge on any atom is 0.236 e. The Morgan fingerprint density at radius 3 is 2.81 bits per heavy atom. The Bertz CT molecular complexity index is 346. The topological polar surface area (TPSA) is 50.2 Å². The molecule has 0 aliphatic carbocycles. The van der Waals surface area contributed by atoms with Crippen molar-refractivity contribution in [2.45, 2.75) is 26.4 Å². The van der Waals surface area contributed by atoms with Gasteiger partial charge in [-0.3, -0.25) is 9.48 Å². The number of likely N-dealkylation sites (N-methyl/N-ethyl adjacent to an activating group) is 1. The molecule has 0 aliphatic heterocycles. The van der Waals surface area contributed by atoms with Crippen molar-refractivity contribution in [3.8, 4) is 0 Å². The van der Waals surface area contributed by atoms with E-state index in [0.29, 0.717) is 19.1 Å². The molecule has 1 heterocycles. The van der Waals surface area contributed by atoms with Crippen LogP contribution in [0.4, 0.5) is 0 Å². The first-order valence-corrected chi connectivity index (χ1v) is 5.44. The van der Waals surface area contributed by atoms with Gasteiger partial charge >= 0.3 is 0 Å². The number of nitrogens with one attached hydrogen (secondary N) is 1. The summed E-state index contributed by atoms with van der Waals surface area (Å²) in [4.78, 5) is 13.4. The zero-order valence-corrected chi connectivity index (χ0v) is 10.4. The molecule has 1 rings (SSSR count). The summed E-state index contributed by atoms with van der Waals surface area (Å²) in [5, 5.41) is 7.17. The molecule has 1 amide bonds. The van der Waals surface area contributed by atoms with E-state index in [0.717, 1.165) is 5.56 Å². The lowest BCUT2D eigenvalue weighted by molar-refractivity contribution is -0.129. The van der Waals surface area contributed by atoms with E-state index in [4.69, 9.17) is 0 Å². The zero-order valence-electron chi connectivity index (χ0n) is 10.4. The minimum absolute atomic E-state index is 0.0950. The van der Waals surface area contributed by atoms with Crippen molar-refractivity contribution in [3.63, 3.8) is 0 Å². The third kappa shape index (κ3) is 4.02. The Kier molecular flexibility index (Phi) is 4.49. The summed E-state index contributed by atoms with van der Waals surface area (Å²) in [5.41, 5.74) is 1.04. The lowest BCUT2D eigenvalue weighted by atomic mass is 10.3. The molecule has 5 nitrogen and oxygen atoms in total. The Labute approximate surface area is 96.4 Å². The van der Waals surface area contributed by atoms with Crippen LogP contribution in [0.15, 0.2) is 12.4 Å². The van der Waals surface area contributed by atoms with E-state index < -0.39 is 0 Å². The molecule has 0 radical (unpaired) electrons. The number of hydrogen-bond donors (Lipinski definition) is 1. The number of aromatic nitrogens is 2. The van der Waals surface area contributed by atoms with E-state index in [9.17, 15) is 4.79 Å². The van der Waals surface area contributed by atoms with Crippen LogP contribution in [0, 0.1) is 0 Å². The van der Waals surface area contributed by atoms with Gasteiger partial charge in [0.05, 0.1) is 12.7 Å². The van der Waals surface area contributed by atoms with Crippen LogP contribution in [0.5, 0.6) is 0 Å². The average molecular weight is 224 g/mol. The van der Waals surface area contributed by atoms with Crippen LogP contribution in [-0.4, -0.2) is 40.2 Å². The van der Waals surface area contributed by atoms with E-state index >= 15 is 0 Å². The molecule has 1 aromatic heterocycles. The standard InChI is InChI=1S/C11H20N4O/c1-9(2)12-6-11(16)14(3)7-10-5-13-15(4)8-10/h5,8-9,12H,6-7H2,1-4H3. The van der Waals surface area contributed by atoms with Gasteiger partial charge in [-0.05, 0) is 0 Å². The highest BCUT2D eigenvalue weighted by molar-refractivity contribution is 5.77. The number of hydrogen-bond acceptors (Lipinski definition) is 3. The summed E-state index contributed by atoms with van der Waals surface area (Å²) in [6.45, 7) is 5.03. The fraction of sp³-hybridized carbons (Fsp3) is 0.636. The highest BCUT2D eigenvalue weighted by atomic mass is 16.2. The van der Waals surface area contributed by atoms with Crippen LogP contribution in [0.2, 0.25) is 0 Å². The molecule has 0 atom stereocenters. The van der Waals surface area contributed by atoms with Crippen LogP contribution < -0.4 is 5.32 Å². The number of carbonyl (C=O) groups excluding carboxylic acids is 1. The predicted molar refractivity (Wildman–Crippen MR) is 62.8 cm³/mol. The molecule has 0 fully saturated rings. The highest BCUT2D eigenvalue weighted by Crippen LogP contribution is 2.01. The molecule has 5 heteroatoms. The normalized spacial score (nSPS) is 10.8. The average Bonchev–Trinajstić information content (AvgIpc) is 2.60. The monoisotopic (exact) mass is 224 g/mol. The molecule has 1 aromatic rings. The molecule has 0 aromatic carbocycles. The second-order valence-corrected chi connectivity index (χ2v) is 4.31. The second-order valence-electron chi connectivity index (χ2n) is 4.31. The summed E-state index contributed by atoms with van der Waals surface area (Å²) in [7, 11) is 3.67. The van der Waals surface area contributed by atoms with E-state index in [1.165, 1.54) is 0 Å². The van der Waals surface area contributed by atoms with Crippen molar-refractivity contribution < 1.29 is 4.79 Å². The van der Waals surface area contributed by atoms with Crippen LogP contribution in [-0.2, 0) is 18.4 Å². The number of rotatable bonds is 5. The number of amides is 1. The highest BCUT2D eigenvalue weighted by Gasteiger charge is 2.10. The fourth-order valence-electron chi connectivity index (χ4n) is 1.34. The smallest absolute Gasteiger partial charge is 0.236 e. The third-order valence-electron chi connectivity index (χ3n) is 2.27. The molecule has 90 valence electrons. The SMILES string of the molecule is CC(C)NCC(=O)N(C)Cc1cnn(C)c1. The second kappa shape index (κ2) is 5.65. The lowest BCUT2D eigenvalue weighted by Gasteiger charge is -2.17. The van der Waals surface area contributed by atoms with Crippen molar-refractivity contribution in [1.82, 2.24) is 20.0 Å². The van der Waals surface area contributed by atoms with E-state index in [-0.39, 0.29) is 5.91 Å². The molecular weight excluding hydrogens is 204 g/mol. The van der Waals surface area contributed by atoms with Crippen molar-refractivity contribution in [3.05, 3.63) is 18.0 Å². The summed E-state index contributed by atoms with van der Waals surface area (Å²) in [6, 6.07) is 0.329. The predicted octanol–water partition coefficient (Wildman–Crippen LogP) is 0.376. The van der Waals surface area contributed by atoms with Gasteiger partial charge in [-0.15, -0.1) is 0 Å². The third-order valence-corrected chi connectivity index (χ3v) is 2.27. The van der Waals surface area contributed by atoms with Crippen LogP contribution in [0.3, 0.4) is 0 Å². The Balaban J connectivity index is 2.39. The quantitative estimate of drug-likeness (QED) is 0.786. The molecule has 0 bridgehead atoms. The molecule has 0 saturated carbocycles. The van der Waals surface area contributed by atoms with Gasteiger partial charge in [-0.2, -0.15) is 5.10 Å². The number of nitrogens with zero attached hydrogens (tertiary/aromatic N) is 3. The van der Waals surface area contributed by atoms with E-state index in [2.05, 4.69) is 10.4 Å². The first kappa shape index (κ1) is 12.7. The fourth-order valence-corrected chi connectivity index (χ4v) is 1.34. The van der Waals surface area contributed by atoms with Gasteiger partial charge in [0.2, 0.25) is 5.91 Å². The Hall–Kier alpha value is -1.36. The number of carbonyl (C=O) groups is 1. The maximum atomic E-state index is 11.7. The summed E-state index contributed by atoms with van der Waals surface area (Å²) < 4.78 is 1.74. The lowest BCUT2D eigenvalue weighted by Crippen LogP contribution is -2.37. The zero-order chi connectivity index (χ0) is 12.1. The largest absolute Gasteiger partial charge is 0.340 e. The summed E-state index contributed by atoms with van der Waals surface area (Å²) >= 11 is 0. The Morgan fingerprint density at radius 2 is 2.31 bits per heavy atom. The molecule has 16 heavy (non-hydrogen) atoms. The van der Waals surface area contributed by atoms with Gasteiger partial charge in [-0.1, -0.05) is 13.8 Å². The first-order valence-electron chi connectivity index (χ1n) is 5.44. The van der Waals surface area contributed by atoms with Crippen LogP contribution >= 0.6 is 0 Å².